The van der Waals surface area contributed by atoms with Crippen molar-refractivity contribution in [1.29, 1.82) is 0 Å². The Bertz CT molecular complexity index is 498. The van der Waals surface area contributed by atoms with Gasteiger partial charge in [0.2, 0.25) is 0 Å². The molecule has 0 aromatic heterocycles. The summed E-state index contributed by atoms with van der Waals surface area (Å²) in [5, 5.41) is 0. The molecule has 0 spiro atoms. The second-order valence-corrected chi connectivity index (χ2v) is 5.16. The van der Waals surface area contributed by atoms with Gasteiger partial charge in [-0.1, -0.05) is 24.3 Å². The van der Waals surface area contributed by atoms with Crippen LogP contribution in [0.4, 0.5) is 0 Å². The van der Waals surface area contributed by atoms with Gasteiger partial charge in [0.15, 0.2) is 11.5 Å². The molecular weight excluding hydrogens is 296 g/mol. The van der Waals surface area contributed by atoms with Crippen molar-refractivity contribution in [1.82, 2.24) is 0 Å². The number of rotatable bonds is 1. The monoisotopic (exact) mass is 322 g/mol. The Balaban J connectivity index is 2.14. The lowest BCUT2D eigenvalue weighted by atomic mass is 10.1. The van der Waals surface area contributed by atoms with E-state index in [0.717, 1.165) is 22.6 Å². The van der Waals surface area contributed by atoms with Crippen LogP contribution in [-0.2, 0) is 14.2 Å². The first kappa shape index (κ1) is 17.8. The van der Waals surface area contributed by atoms with Gasteiger partial charge >= 0.3 is 0 Å². The third kappa shape index (κ3) is 5.86. The SMILES string of the molecule is C/C=C/c1ccc(C)c2c1OCCOCCOCCOCCO2. The van der Waals surface area contributed by atoms with Gasteiger partial charge in [-0.15, -0.1) is 0 Å². The van der Waals surface area contributed by atoms with E-state index in [-0.39, 0.29) is 0 Å². The minimum atomic E-state index is 0.473. The van der Waals surface area contributed by atoms with Gasteiger partial charge in [-0.05, 0) is 19.4 Å². The predicted octanol–water partition coefficient (Wildman–Crippen LogP) is 2.85. The molecule has 1 aliphatic rings. The highest BCUT2D eigenvalue weighted by Crippen LogP contribution is 2.35. The molecule has 5 heteroatoms. The van der Waals surface area contributed by atoms with Gasteiger partial charge in [0.25, 0.3) is 0 Å². The molecule has 0 saturated carbocycles. The summed E-state index contributed by atoms with van der Waals surface area (Å²) in [7, 11) is 0. The van der Waals surface area contributed by atoms with Gasteiger partial charge in [-0.25, -0.2) is 0 Å². The van der Waals surface area contributed by atoms with Gasteiger partial charge in [0.05, 0.1) is 39.6 Å². The summed E-state index contributed by atoms with van der Waals surface area (Å²) in [6, 6.07) is 4.08. The van der Waals surface area contributed by atoms with Gasteiger partial charge in [-0.2, -0.15) is 0 Å². The van der Waals surface area contributed by atoms with Gasteiger partial charge in [-0.3, -0.25) is 0 Å². The topological polar surface area (TPSA) is 46.2 Å². The van der Waals surface area contributed by atoms with Crippen molar-refractivity contribution < 1.29 is 23.7 Å². The maximum absolute atomic E-state index is 5.95. The third-order valence-electron chi connectivity index (χ3n) is 3.38. The molecule has 1 aromatic carbocycles. The van der Waals surface area contributed by atoms with Crippen LogP contribution in [0, 0.1) is 6.92 Å². The molecule has 0 fully saturated rings. The fourth-order valence-corrected chi connectivity index (χ4v) is 2.26. The number of ether oxygens (including phenoxy) is 5. The van der Waals surface area contributed by atoms with Crippen LogP contribution in [0.1, 0.15) is 18.1 Å². The lowest BCUT2D eigenvalue weighted by Crippen LogP contribution is -2.13. The summed E-state index contributed by atoms with van der Waals surface area (Å²) in [6.45, 7) is 8.24. The largest absolute Gasteiger partial charge is 0.487 e. The van der Waals surface area contributed by atoms with Crippen LogP contribution < -0.4 is 9.47 Å². The molecule has 0 atom stereocenters. The molecule has 128 valence electrons. The minimum Gasteiger partial charge on any atom is -0.487 e. The summed E-state index contributed by atoms with van der Waals surface area (Å²) in [5.41, 5.74) is 2.04. The normalized spacial score (nSPS) is 18.3. The maximum atomic E-state index is 5.95. The Morgan fingerprint density at radius 1 is 0.739 bits per heavy atom. The average molecular weight is 322 g/mol. The number of allylic oxidation sites excluding steroid dienone is 1. The number of benzene rings is 1. The van der Waals surface area contributed by atoms with Crippen LogP contribution in [0.15, 0.2) is 18.2 Å². The van der Waals surface area contributed by atoms with E-state index in [9.17, 15) is 0 Å². The van der Waals surface area contributed by atoms with Crippen molar-refractivity contribution in [3.63, 3.8) is 0 Å². The Morgan fingerprint density at radius 3 is 1.83 bits per heavy atom. The van der Waals surface area contributed by atoms with E-state index in [2.05, 4.69) is 0 Å². The molecule has 0 saturated heterocycles. The van der Waals surface area contributed by atoms with Crippen LogP contribution in [-0.4, -0.2) is 52.9 Å². The second kappa shape index (κ2) is 10.3. The van der Waals surface area contributed by atoms with Gasteiger partial charge in [0.1, 0.15) is 13.2 Å². The van der Waals surface area contributed by atoms with E-state index in [1.54, 1.807) is 0 Å². The summed E-state index contributed by atoms with van der Waals surface area (Å²) in [5.74, 6) is 1.54. The zero-order valence-corrected chi connectivity index (χ0v) is 14.0. The lowest BCUT2D eigenvalue weighted by molar-refractivity contribution is 0.00706. The molecule has 5 nitrogen and oxygen atoms in total. The lowest BCUT2D eigenvalue weighted by Gasteiger charge is -2.17. The number of fused-ring (bicyclic) bond motifs is 1. The molecule has 1 aromatic rings. The summed E-state index contributed by atoms with van der Waals surface area (Å²) in [4.78, 5) is 0. The second-order valence-electron chi connectivity index (χ2n) is 5.16. The predicted molar refractivity (Wildman–Crippen MR) is 89.3 cm³/mol. The first-order valence-corrected chi connectivity index (χ1v) is 8.08. The van der Waals surface area contributed by atoms with E-state index in [1.807, 2.05) is 38.1 Å². The van der Waals surface area contributed by atoms with Gasteiger partial charge in [0, 0.05) is 5.56 Å². The molecular formula is C18H26O5. The quantitative estimate of drug-likeness (QED) is 0.795. The highest BCUT2D eigenvalue weighted by molar-refractivity contribution is 5.64. The zero-order chi connectivity index (χ0) is 16.3. The Hall–Kier alpha value is -1.56. The molecule has 0 bridgehead atoms. The average Bonchev–Trinajstić information content (AvgIpc) is 2.56. The Labute approximate surface area is 138 Å². The molecule has 0 radical (unpaired) electrons. The van der Waals surface area contributed by atoms with Crippen molar-refractivity contribution in [3.05, 3.63) is 29.3 Å². The van der Waals surface area contributed by atoms with Crippen LogP contribution in [0.5, 0.6) is 11.5 Å². The molecule has 0 N–H and O–H groups in total. The smallest absolute Gasteiger partial charge is 0.168 e. The minimum absolute atomic E-state index is 0.473. The summed E-state index contributed by atoms with van der Waals surface area (Å²) in [6.07, 6.45) is 4.00. The Kier molecular flexibility index (Phi) is 7.93. The van der Waals surface area contributed by atoms with Crippen molar-refractivity contribution >= 4 is 6.08 Å². The molecule has 2 rings (SSSR count). The van der Waals surface area contributed by atoms with Crippen molar-refractivity contribution in [2.24, 2.45) is 0 Å². The maximum Gasteiger partial charge on any atom is 0.168 e. The summed E-state index contributed by atoms with van der Waals surface area (Å²) < 4.78 is 28.3. The van der Waals surface area contributed by atoms with Crippen molar-refractivity contribution in [2.45, 2.75) is 13.8 Å². The molecule has 1 aliphatic heterocycles. The van der Waals surface area contributed by atoms with Crippen molar-refractivity contribution in [3.8, 4) is 11.5 Å². The van der Waals surface area contributed by atoms with E-state index < -0.39 is 0 Å². The zero-order valence-electron chi connectivity index (χ0n) is 14.0. The molecule has 0 unspecified atom stereocenters. The molecule has 23 heavy (non-hydrogen) atoms. The fourth-order valence-electron chi connectivity index (χ4n) is 2.26. The van der Waals surface area contributed by atoms with Crippen LogP contribution in [0.3, 0.4) is 0 Å². The Morgan fingerprint density at radius 2 is 1.26 bits per heavy atom. The van der Waals surface area contributed by atoms with E-state index in [4.69, 9.17) is 23.7 Å². The highest BCUT2D eigenvalue weighted by Gasteiger charge is 2.13. The third-order valence-corrected chi connectivity index (χ3v) is 3.38. The molecule has 0 amide bonds. The first-order valence-electron chi connectivity index (χ1n) is 8.08. The van der Waals surface area contributed by atoms with E-state index in [1.165, 1.54) is 0 Å². The number of hydrogen-bond donors (Lipinski definition) is 0. The number of aryl methyl sites for hydroxylation is 1. The highest BCUT2D eigenvalue weighted by atomic mass is 16.6. The molecule has 0 aliphatic carbocycles. The number of hydrogen-bond acceptors (Lipinski definition) is 5. The van der Waals surface area contributed by atoms with Gasteiger partial charge < -0.3 is 23.7 Å². The standard InChI is InChI=1S/C18H26O5/c1-3-4-16-6-5-15(2)17-18(16)23-14-12-21-10-8-19-7-9-20-11-13-22-17/h3-6H,7-14H2,1-2H3/b4-3+. The first-order chi connectivity index (χ1) is 11.3. The summed E-state index contributed by atoms with van der Waals surface area (Å²) >= 11 is 0. The van der Waals surface area contributed by atoms with E-state index in [0.29, 0.717) is 52.9 Å². The van der Waals surface area contributed by atoms with Crippen molar-refractivity contribution in [2.75, 3.05) is 52.9 Å². The van der Waals surface area contributed by atoms with Crippen LogP contribution in [0.25, 0.3) is 6.08 Å². The molecule has 1 heterocycles. The van der Waals surface area contributed by atoms with E-state index >= 15 is 0 Å². The fraction of sp³-hybridized carbons (Fsp3) is 0.556. The van der Waals surface area contributed by atoms with Crippen LogP contribution >= 0.6 is 0 Å². The van der Waals surface area contributed by atoms with Crippen LogP contribution in [0.2, 0.25) is 0 Å².